The summed E-state index contributed by atoms with van der Waals surface area (Å²) < 4.78 is 0. The lowest BCUT2D eigenvalue weighted by Gasteiger charge is -2.09. The Bertz CT molecular complexity index is 511. The maximum absolute atomic E-state index is 4.42. The van der Waals surface area contributed by atoms with Gasteiger partial charge in [0.1, 0.15) is 11.6 Å². The lowest BCUT2D eigenvalue weighted by Crippen LogP contribution is -2.06. The molecule has 4 nitrogen and oxygen atoms in total. The van der Waals surface area contributed by atoms with Crippen LogP contribution in [0.25, 0.3) is 0 Å². The van der Waals surface area contributed by atoms with Gasteiger partial charge in [-0.25, -0.2) is 4.98 Å². The van der Waals surface area contributed by atoms with Gasteiger partial charge in [-0.15, -0.1) is 0 Å². The quantitative estimate of drug-likeness (QED) is 0.846. The monoisotopic (exact) mass is 242 g/mol. The highest BCUT2D eigenvalue weighted by Crippen LogP contribution is 2.11. The number of benzene rings is 1. The fourth-order valence-corrected chi connectivity index (χ4v) is 1.71. The third kappa shape index (κ3) is 3.20. The Morgan fingerprint density at radius 3 is 2.50 bits per heavy atom. The van der Waals surface area contributed by atoms with E-state index in [1.165, 1.54) is 11.1 Å². The molecule has 0 saturated heterocycles. The predicted octanol–water partition coefficient (Wildman–Crippen LogP) is 2.83. The molecule has 0 bridgehead atoms. The second-order valence-corrected chi connectivity index (χ2v) is 4.10. The van der Waals surface area contributed by atoms with Gasteiger partial charge >= 0.3 is 0 Å². The summed E-state index contributed by atoms with van der Waals surface area (Å²) in [7, 11) is 0. The summed E-state index contributed by atoms with van der Waals surface area (Å²) >= 11 is 0. The van der Waals surface area contributed by atoms with E-state index in [-0.39, 0.29) is 0 Å². The fraction of sp³-hybridized carbons (Fsp3) is 0.286. The Hall–Kier alpha value is -2.10. The van der Waals surface area contributed by atoms with Gasteiger partial charge in [0, 0.05) is 13.1 Å². The second-order valence-electron chi connectivity index (χ2n) is 4.10. The van der Waals surface area contributed by atoms with Crippen LogP contribution in [-0.4, -0.2) is 16.5 Å². The van der Waals surface area contributed by atoms with Gasteiger partial charge in [-0.1, -0.05) is 24.3 Å². The smallest absolute Gasteiger partial charge is 0.147 e. The molecule has 0 unspecified atom stereocenters. The van der Waals surface area contributed by atoms with Gasteiger partial charge in [-0.05, 0) is 25.0 Å². The Morgan fingerprint density at radius 2 is 1.78 bits per heavy atom. The second kappa shape index (κ2) is 6.00. The number of nitrogens with zero attached hydrogens (tertiary/aromatic N) is 2. The molecule has 2 N–H and O–H groups in total. The highest BCUT2D eigenvalue weighted by Gasteiger charge is 1.99. The van der Waals surface area contributed by atoms with E-state index >= 15 is 0 Å². The molecule has 0 saturated carbocycles. The molecule has 94 valence electrons. The van der Waals surface area contributed by atoms with Gasteiger partial charge in [0.2, 0.25) is 0 Å². The molecule has 0 aliphatic rings. The number of anilines is 2. The third-order valence-electron chi connectivity index (χ3n) is 2.71. The van der Waals surface area contributed by atoms with E-state index in [2.05, 4.69) is 39.7 Å². The van der Waals surface area contributed by atoms with Crippen molar-refractivity contribution in [3.8, 4) is 0 Å². The molecular formula is C14H18N4. The highest BCUT2D eigenvalue weighted by atomic mass is 15.1. The van der Waals surface area contributed by atoms with Gasteiger partial charge in [0.15, 0.2) is 0 Å². The zero-order valence-corrected chi connectivity index (χ0v) is 10.8. The van der Waals surface area contributed by atoms with Crippen LogP contribution in [0.1, 0.15) is 18.1 Å². The molecule has 0 radical (unpaired) electrons. The minimum atomic E-state index is 0.761. The topological polar surface area (TPSA) is 49.8 Å². The molecule has 18 heavy (non-hydrogen) atoms. The van der Waals surface area contributed by atoms with Gasteiger partial charge in [-0.3, -0.25) is 4.98 Å². The molecule has 2 rings (SSSR count). The lowest BCUT2D eigenvalue weighted by atomic mass is 10.1. The van der Waals surface area contributed by atoms with Crippen LogP contribution < -0.4 is 10.6 Å². The summed E-state index contributed by atoms with van der Waals surface area (Å²) in [5.41, 5.74) is 2.55. The molecule has 0 spiro atoms. The maximum atomic E-state index is 4.42. The summed E-state index contributed by atoms with van der Waals surface area (Å²) in [4.78, 5) is 8.57. The summed E-state index contributed by atoms with van der Waals surface area (Å²) in [5, 5.41) is 6.43. The van der Waals surface area contributed by atoms with E-state index in [9.17, 15) is 0 Å². The molecule has 0 fully saturated rings. The van der Waals surface area contributed by atoms with Crippen LogP contribution in [0.5, 0.6) is 0 Å². The summed E-state index contributed by atoms with van der Waals surface area (Å²) in [5.74, 6) is 1.59. The summed E-state index contributed by atoms with van der Waals surface area (Å²) in [6.07, 6.45) is 3.46. The first-order chi connectivity index (χ1) is 8.79. The first kappa shape index (κ1) is 12.4. The van der Waals surface area contributed by atoms with Crippen molar-refractivity contribution >= 4 is 11.6 Å². The number of hydrogen-bond acceptors (Lipinski definition) is 4. The van der Waals surface area contributed by atoms with Crippen molar-refractivity contribution in [2.24, 2.45) is 0 Å². The maximum Gasteiger partial charge on any atom is 0.147 e. The number of rotatable bonds is 5. The molecule has 1 heterocycles. The minimum absolute atomic E-state index is 0.761. The lowest BCUT2D eigenvalue weighted by molar-refractivity contribution is 1.06. The van der Waals surface area contributed by atoms with Crippen molar-refractivity contribution in [3.63, 3.8) is 0 Å². The van der Waals surface area contributed by atoms with E-state index in [4.69, 9.17) is 0 Å². The van der Waals surface area contributed by atoms with Gasteiger partial charge in [0.05, 0.1) is 12.4 Å². The molecule has 2 aromatic rings. The van der Waals surface area contributed by atoms with Crippen molar-refractivity contribution < 1.29 is 0 Å². The number of hydrogen-bond donors (Lipinski definition) is 2. The molecule has 1 aromatic carbocycles. The highest BCUT2D eigenvalue weighted by molar-refractivity contribution is 5.42. The Morgan fingerprint density at radius 1 is 1.06 bits per heavy atom. The van der Waals surface area contributed by atoms with Gasteiger partial charge in [-0.2, -0.15) is 0 Å². The minimum Gasteiger partial charge on any atom is -0.369 e. The van der Waals surface area contributed by atoms with E-state index in [0.717, 1.165) is 24.7 Å². The Balaban J connectivity index is 2.02. The first-order valence-electron chi connectivity index (χ1n) is 6.14. The van der Waals surface area contributed by atoms with Crippen LogP contribution in [0.2, 0.25) is 0 Å². The molecule has 4 heteroatoms. The fourth-order valence-electron chi connectivity index (χ4n) is 1.71. The molecule has 0 aliphatic carbocycles. The average molecular weight is 242 g/mol. The Kier molecular flexibility index (Phi) is 4.12. The summed E-state index contributed by atoms with van der Waals surface area (Å²) in [6.45, 7) is 5.75. The molecule has 0 atom stereocenters. The summed E-state index contributed by atoms with van der Waals surface area (Å²) in [6, 6.07) is 8.32. The van der Waals surface area contributed by atoms with Crippen LogP contribution in [0.3, 0.4) is 0 Å². The normalized spacial score (nSPS) is 10.1. The average Bonchev–Trinajstić information content (AvgIpc) is 2.39. The number of nitrogens with one attached hydrogen (secondary N) is 2. The largest absolute Gasteiger partial charge is 0.369 e. The molecule has 0 aliphatic heterocycles. The zero-order chi connectivity index (χ0) is 12.8. The van der Waals surface area contributed by atoms with Crippen LogP contribution in [0, 0.1) is 6.92 Å². The van der Waals surface area contributed by atoms with E-state index in [1.807, 2.05) is 19.1 Å². The van der Waals surface area contributed by atoms with Crippen LogP contribution >= 0.6 is 0 Å². The third-order valence-corrected chi connectivity index (χ3v) is 2.71. The predicted molar refractivity (Wildman–Crippen MR) is 74.7 cm³/mol. The molecule has 1 aromatic heterocycles. The van der Waals surface area contributed by atoms with Crippen LogP contribution in [-0.2, 0) is 6.54 Å². The van der Waals surface area contributed by atoms with Crippen LogP contribution in [0.15, 0.2) is 36.7 Å². The standard InChI is InChI=1S/C14H18N4/c1-3-16-13-9-15-10-14(18-13)17-8-12-7-5-4-6-11(12)2/h4-7,9-10H,3,8H2,1-2H3,(H2,16,17,18). The number of aromatic nitrogens is 2. The van der Waals surface area contributed by atoms with Crippen molar-refractivity contribution in [1.29, 1.82) is 0 Å². The number of aryl methyl sites for hydroxylation is 1. The first-order valence-corrected chi connectivity index (χ1v) is 6.14. The van der Waals surface area contributed by atoms with Gasteiger partial charge in [0.25, 0.3) is 0 Å². The van der Waals surface area contributed by atoms with Crippen molar-refractivity contribution in [2.75, 3.05) is 17.2 Å². The van der Waals surface area contributed by atoms with Crippen molar-refractivity contribution in [1.82, 2.24) is 9.97 Å². The van der Waals surface area contributed by atoms with Crippen LogP contribution in [0.4, 0.5) is 11.6 Å². The van der Waals surface area contributed by atoms with Crippen molar-refractivity contribution in [3.05, 3.63) is 47.8 Å². The zero-order valence-electron chi connectivity index (χ0n) is 10.8. The molecular weight excluding hydrogens is 224 g/mol. The molecule has 0 amide bonds. The Labute approximate surface area is 107 Å². The van der Waals surface area contributed by atoms with E-state index in [0.29, 0.717) is 0 Å². The van der Waals surface area contributed by atoms with Gasteiger partial charge < -0.3 is 10.6 Å². The van der Waals surface area contributed by atoms with E-state index < -0.39 is 0 Å². The van der Waals surface area contributed by atoms with E-state index in [1.54, 1.807) is 12.4 Å². The van der Waals surface area contributed by atoms with Crippen molar-refractivity contribution in [2.45, 2.75) is 20.4 Å². The SMILES string of the molecule is CCNc1cncc(NCc2ccccc2C)n1.